The van der Waals surface area contributed by atoms with Gasteiger partial charge in [0.25, 0.3) is 0 Å². The van der Waals surface area contributed by atoms with Gasteiger partial charge in [-0.15, -0.1) is 0 Å². The quantitative estimate of drug-likeness (QED) is 0.748. The minimum Gasteiger partial charge on any atom is -0.330 e. The Morgan fingerprint density at radius 2 is 1.83 bits per heavy atom. The van der Waals surface area contributed by atoms with E-state index in [0.29, 0.717) is 6.04 Å². The molecule has 1 saturated heterocycles. The molecule has 1 aromatic carbocycles. The topological polar surface area (TPSA) is 29.3 Å². The fourth-order valence-corrected chi connectivity index (χ4v) is 2.96. The number of hydrogen-bond acceptors (Lipinski definition) is 2. The number of nitrogens with two attached hydrogens (primary N) is 1. The second-order valence-electron chi connectivity index (χ2n) is 5.31. The van der Waals surface area contributed by atoms with Gasteiger partial charge in [0.1, 0.15) is 0 Å². The Morgan fingerprint density at radius 1 is 1.06 bits per heavy atom. The molecule has 2 nitrogen and oxygen atoms in total. The molecular formula is C16H26N2. The standard InChI is InChI=1S/C16H26N2/c17-12-6-1-2-7-13-18-14-8-11-16(18)15-9-4-3-5-10-15/h3-5,9-10,16H,1-2,6-8,11-14,17H2. The number of hydrogen-bond donors (Lipinski definition) is 1. The van der Waals surface area contributed by atoms with Crippen molar-refractivity contribution in [1.29, 1.82) is 0 Å². The van der Waals surface area contributed by atoms with Gasteiger partial charge in [0.15, 0.2) is 0 Å². The van der Waals surface area contributed by atoms with Crippen molar-refractivity contribution in [1.82, 2.24) is 4.90 Å². The minimum atomic E-state index is 0.667. The van der Waals surface area contributed by atoms with E-state index in [4.69, 9.17) is 5.73 Å². The number of unbranched alkanes of at least 4 members (excludes halogenated alkanes) is 3. The third kappa shape index (κ3) is 3.82. The Kier molecular flexibility index (Phi) is 5.69. The number of benzene rings is 1. The van der Waals surface area contributed by atoms with Crippen LogP contribution in [0.25, 0.3) is 0 Å². The van der Waals surface area contributed by atoms with Gasteiger partial charge in [0, 0.05) is 6.04 Å². The largest absolute Gasteiger partial charge is 0.330 e. The van der Waals surface area contributed by atoms with Gasteiger partial charge in [-0.3, -0.25) is 4.90 Å². The maximum Gasteiger partial charge on any atom is 0.0348 e. The second-order valence-corrected chi connectivity index (χ2v) is 5.31. The van der Waals surface area contributed by atoms with Crippen molar-refractivity contribution in [3.63, 3.8) is 0 Å². The normalized spacial score (nSPS) is 20.4. The van der Waals surface area contributed by atoms with Crippen LogP contribution in [0.5, 0.6) is 0 Å². The molecule has 1 atom stereocenters. The first-order chi connectivity index (χ1) is 8.92. The Bertz CT molecular complexity index is 323. The van der Waals surface area contributed by atoms with Gasteiger partial charge in [-0.05, 0) is 50.9 Å². The van der Waals surface area contributed by atoms with Crippen molar-refractivity contribution >= 4 is 0 Å². The maximum atomic E-state index is 5.52. The lowest BCUT2D eigenvalue weighted by Gasteiger charge is -2.24. The highest BCUT2D eigenvalue weighted by atomic mass is 15.2. The first-order valence-corrected chi connectivity index (χ1v) is 7.41. The van der Waals surface area contributed by atoms with Crippen LogP contribution < -0.4 is 5.73 Å². The summed E-state index contributed by atoms with van der Waals surface area (Å²) in [5.41, 5.74) is 7.02. The van der Waals surface area contributed by atoms with Crippen molar-refractivity contribution < 1.29 is 0 Å². The molecule has 100 valence electrons. The van der Waals surface area contributed by atoms with Gasteiger partial charge in [-0.1, -0.05) is 43.2 Å². The van der Waals surface area contributed by atoms with Crippen LogP contribution in [-0.4, -0.2) is 24.5 Å². The van der Waals surface area contributed by atoms with Crippen LogP contribution >= 0.6 is 0 Å². The summed E-state index contributed by atoms with van der Waals surface area (Å²) < 4.78 is 0. The van der Waals surface area contributed by atoms with Crippen LogP contribution in [0.4, 0.5) is 0 Å². The molecule has 0 radical (unpaired) electrons. The van der Waals surface area contributed by atoms with Gasteiger partial charge in [0.05, 0.1) is 0 Å². The Labute approximate surface area is 111 Å². The molecule has 0 spiro atoms. The molecule has 1 aliphatic rings. The summed E-state index contributed by atoms with van der Waals surface area (Å²) in [4.78, 5) is 2.66. The van der Waals surface area contributed by atoms with Crippen molar-refractivity contribution in [2.75, 3.05) is 19.6 Å². The smallest absolute Gasteiger partial charge is 0.0348 e. The van der Waals surface area contributed by atoms with E-state index < -0.39 is 0 Å². The van der Waals surface area contributed by atoms with E-state index in [1.54, 1.807) is 0 Å². The molecule has 0 aromatic heterocycles. The van der Waals surface area contributed by atoms with Gasteiger partial charge in [-0.25, -0.2) is 0 Å². The van der Waals surface area contributed by atoms with Crippen LogP contribution in [0.2, 0.25) is 0 Å². The average molecular weight is 246 g/mol. The molecule has 0 bridgehead atoms. The fourth-order valence-electron chi connectivity index (χ4n) is 2.96. The van der Waals surface area contributed by atoms with Gasteiger partial charge < -0.3 is 5.73 Å². The minimum absolute atomic E-state index is 0.667. The molecule has 2 rings (SSSR count). The van der Waals surface area contributed by atoms with E-state index in [2.05, 4.69) is 35.2 Å². The van der Waals surface area contributed by atoms with E-state index in [1.807, 2.05) is 0 Å². The van der Waals surface area contributed by atoms with Gasteiger partial charge >= 0.3 is 0 Å². The lowest BCUT2D eigenvalue weighted by molar-refractivity contribution is 0.251. The summed E-state index contributed by atoms with van der Waals surface area (Å²) in [6, 6.07) is 11.6. The van der Waals surface area contributed by atoms with Gasteiger partial charge in [-0.2, -0.15) is 0 Å². The van der Waals surface area contributed by atoms with Crippen LogP contribution in [0.15, 0.2) is 30.3 Å². The zero-order valence-corrected chi connectivity index (χ0v) is 11.4. The Morgan fingerprint density at radius 3 is 2.61 bits per heavy atom. The summed E-state index contributed by atoms with van der Waals surface area (Å²) >= 11 is 0. The van der Waals surface area contributed by atoms with E-state index in [1.165, 1.54) is 57.2 Å². The van der Waals surface area contributed by atoms with E-state index >= 15 is 0 Å². The molecule has 0 saturated carbocycles. The molecular weight excluding hydrogens is 220 g/mol. The van der Waals surface area contributed by atoms with Gasteiger partial charge in [0.2, 0.25) is 0 Å². The first kappa shape index (κ1) is 13.6. The molecule has 1 aliphatic heterocycles. The van der Waals surface area contributed by atoms with Crippen molar-refractivity contribution in [2.24, 2.45) is 5.73 Å². The Balaban J connectivity index is 1.77. The molecule has 2 N–H and O–H groups in total. The maximum absolute atomic E-state index is 5.52. The van der Waals surface area contributed by atoms with Crippen LogP contribution in [0.1, 0.15) is 50.1 Å². The van der Waals surface area contributed by atoms with E-state index in [-0.39, 0.29) is 0 Å². The molecule has 1 fully saturated rings. The summed E-state index contributed by atoms with van der Waals surface area (Å²) in [6.07, 6.45) is 7.80. The summed E-state index contributed by atoms with van der Waals surface area (Å²) in [5.74, 6) is 0. The first-order valence-electron chi connectivity index (χ1n) is 7.41. The number of nitrogens with zero attached hydrogens (tertiary/aromatic N) is 1. The number of likely N-dealkylation sites (tertiary alicyclic amines) is 1. The van der Waals surface area contributed by atoms with Crippen LogP contribution in [0.3, 0.4) is 0 Å². The zero-order valence-electron chi connectivity index (χ0n) is 11.4. The highest BCUT2D eigenvalue weighted by Gasteiger charge is 2.24. The predicted molar refractivity (Wildman–Crippen MR) is 77.5 cm³/mol. The summed E-state index contributed by atoms with van der Waals surface area (Å²) in [5, 5.41) is 0. The molecule has 18 heavy (non-hydrogen) atoms. The monoisotopic (exact) mass is 246 g/mol. The molecule has 0 amide bonds. The summed E-state index contributed by atoms with van der Waals surface area (Å²) in [7, 11) is 0. The zero-order chi connectivity index (χ0) is 12.6. The summed E-state index contributed by atoms with van der Waals surface area (Å²) in [6.45, 7) is 3.37. The lowest BCUT2D eigenvalue weighted by atomic mass is 10.0. The Hall–Kier alpha value is -0.860. The van der Waals surface area contributed by atoms with Crippen molar-refractivity contribution in [2.45, 2.75) is 44.6 Å². The molecule has 1 aromatic rings. The molecule has 2 heteroatoms. The SMILES string of the molecule is NCCCCCCN1CCCC1c1ccccc1. The second kappa shape index (κ2) is 7.55. The van der Waals surface area contributed by atoms with E-state index in [9.17, 15) is 0 Å². The van der Waals surface area contributed by atoms with Crippen LogP contribution in [-0.2, 0) is 0 Å². The van der Waals surface area contributed by atoms with Crippen molar-refractivity contribution in [3.05, 3.63) is 35.9 Å². The number of rotatable bonds is 7. The molecule has 0 aliphatic carbocycles. The fraction of sp³-hybridized carbons (Fsp3) is 0.625. The molecule has 1 heterocycles. The molecule has 1 unspecified atom stereocenters. The predicted octanol–water partition coefficient (Wildman–Crippen LogP) is 3.34. The highest BCUT2D eigenvalue weighted by molar-refractivity contribution is 5.19. The van der Waals surface area contributed by atoms with E-state index in [0.717, 1.165) is 6.54 Å². The van der Waals surface area contributed by atoms with Crippen LogP contribution in [0, 0.1) is 0 Å². The highest BCUT2D eigenvalue weighted by Crippen LogP contribution is 2.31. The average Bonchev–Trinajstić information content (AvgIpc) is 2.88. The lowest BCUT2D eigenvalue weighted by Crippen LogP contribution is -2.24. The third-order valence-corrected chi connectivity index (χ3v) is 3.95. The van der Waals surface area contributed by atoms with Crippen molar-refractivity contribution in [3.8, 4) is 0 Å². The third-order valence-electron chi connectivity index (χ3n) is 3.95.